The number of aromatic nitrogens is 3. The number of nitrogens with zero attached hydrogens (tertiary/aromatic N) is 2. The normalized spacial score (nSPS) is 17.9. The molecule has 1 aliphatic rings. The van der Waals surface area contributed by atoms with Crippen molar-refractivity contribution in [3.63, 3.8) is 0 Å². The van der Waals surface area contributed by atoms with Crippen LogP contribution in [0.2, 0.25) is 0 Å². The van der Waals surface area contributed by atoms with Crippen molar-refractivity contribution in [2.75, 3.05) is 6.61 Å². The van der Waals surface area contributed by atoms with Crippen molar-refractivity contribution < 1.29 is 27.1 Å². The second-order valence-electron chi connectivity index (χ2n) is 7.46. The molecule has 0 saturated carbocycles. The maximum absolute atomic E-state index is 13.3. The Balaban J connectivity index is 1.60. The van der Waals surface area contributed by atoms with Gasteiger partial charge in [0.1, 0.15) is 22.7 Å². The Labute approximate surface area is 183 Å². The van der Waals surface area contributed by atoms with Crippen LogP contribution in [0.5, 0.6) is 5.75 Å². The van der Waals surface area contributed by atoms with Gasteiger partial charge in [0, 0.05) is 29.9 Å². The number of alkyl halides is 3. The molecule has 1 amide bonds. The third-order valence-corrected chi connectivity index (χ3v) is 5.46. The Morgan fingerprint density at radius 3 is 2.76 bits per heavy atom. The number of pyridine rings is 2. The van der Waals surface area contributed by atoms with Gasteiger partial charge in [-0.05, 0) is 36.4 Å². The molecule has 0 fully saturated rings. The third kappa shape index (κ3) is 3.60. The third-order valence-electron chi connectivity index (χ3n) is 5.46. The molecule has 2 N–H and O–H groups in total. The van der Waals surface area contributed by atoms with Gasteiger partial charge in [0.15, 0.2) is 5.58 Å². The molecule has 168 valence electrons. The predicted octanol–water partition coefficient (Wildman–Crippen LogP) is 3.39. The SMILES string of the molecule is O=C(NC1(c2ccc(C(F)(F)F)nc2)CCOc2cccnc21)c1ccc2oc(=O)[nH]c2c1. The highest BCUT2D eigenvalue weighted by molar-refractivity contribution is 5.97. The standard InChI is InChI=1S/C22H15F3N4O4/c23-22(24,25)17-6-4-13(11-27-17)21(7-9-32-16-2-1-8-26-18(16)21)29-19(30)12-3-5-15-14(10-12)28-20(31)33-15/h1-6,8,10-11H,7,9H2,(H,28,31)(H,29,30). The van der Waals surface area contributed by atoms with Gasteiger partial charge in [-0.15, -0.1) is 0 Å². The number of oxazole rings is 1. The smallest absolute Gasteiger partial charge is 0.433 e. The molecule has 1 atom stereocenters. The molecular formula is C22H15F3N4O4. The van der Waals surface area contributed by atoms with Crippen molar-refractivity contribution in [2.24, 2.45) is 0 Å². The fraction of sp³-hybridized carbons (Fsp3) is 0.182. The highest BCUT2D eigenvalue weighted by Crippen LogP contribution is 2.41. The molecule has 0 spiro atoms. The minimum absolute atomic E-state index is 0.189. The molecule has 5 rings (SSSR count). The Bertz CT molecular complexity index is 1410. The van der Waals surface area contributed by atoms with Crippen LogP contribution in [0.3, 0.4) is 0 Å². The second kappa shape index (κ2) is 7.47. The molecule has 33 heavy (non-hydrogen) atoms. The maximum Gasteiger partial charge on any atom is 0.433 e. The highest BCUT2D eigenvalue weighted by atomic mass is 19.4. The molecule has 1 aliphatic heterocycles. The van der Waals surface area contributed by atoms with Gasteiger partial charge < -0.3 is 14.5 Å². The summed E-state index contributed by atoms with van der Waals surface area (Å²) in [5, 5.41) is 2.93. The summed E-state index contributed by atoms with van der Waals surface area (Å²) in [6.45, 7) is 0.189. The van der Waals surface area contributed by atoms with E-state index >= 15 is 0 Å². The summed E-state index contributed by atoms with van der Waals surface area (Å²) < 4.78 is 49.8. The van der Waals surface area contributed by atoms with Gasteiger partial charge in [0.25, 0.3) is 5.91 Å². The van der Waals surface area contributed by atoms with Crippen molar-refractivity contribution in [1.82, 2.24) is 20.3 Å². The van der Waals surface area contributed by atoms with Crippen LogP contribution in [0.15, 0.2) is 64.1 Å². The molecule has 1 unspecified atom stereocenters. The number of rotatable bonds is 3. The first-order valence-electron chi connectivity index (χ1n) is 9.84. The first kappa shape index (κ1) is 20.7. The van der Waals surface area contributed by atoms with Crippen LogP contribution in [-0.2, 0) is 11.7 Å². The summed E-state index contributed by atoms with van der Waals surface area (Å²) in [5.74, 6) is -0.784. The topological polar surface area (TPSA) is 110 Å². The second-order valence-corrected chi connectivity index (χ2v) is 7.46. The molecule has 0 aliphatic carbocycles. The first-order valence-corrected chi connectivity index (χ1v) is 9.84. The van der Waals surface area contributed by atoms with Crippen molar-refractivity contribution in [3.8, 4) is 5.75 Å². The lowest BCUT2D eigenvalue weighted by molar-refractivity contribution is -0.141. The number of benzene rings is 1. The number of H-pyrrole nitrogens is 1. The van der Waals surface area contributed by atoms with E-state index in [1.165, 1.54) is 30.5 Å². The number of ether oxygens (including phenoxy) is 1. The maximum atomic E-state index is 13.3. The fourth-order valence-electron chi connectivity index (χ4n) is 3.91. The Morgan fingerprint density at radius 1 is 1.15 bits per heavy atom. The monoisotopic (exact) mass is 456 g/mol. The molecule has 0 radical (unpaired) electrons. The van der Waals surface area contributed by atoms with Gasteiger partial charge in [-0.1, -0.05) is 6.07 Å². The van der Waals surface area contributed by atoms with Crippen LogP contribution in [0, 0.1) is 0 Å². The Hall–Kier alpha value is -4.15. The van der Waals surface area contributed by atoms with Gasteiger partial charge in [-0.25, -0.2) is 4.79 Å². The van der Waals surface area contributed by atoms with Crippen LogP contribution < -0.4 is 15.8 Å². The van der Waals surface area contributed by atoms with E-state index < -0.39 is 29.1 Å². The number of halogens is 3. The molecule has 11 heteroatoms. The fourth-order valence-corrected chi connectivity index (χ4v) is 3.91. The minimum Gasteiger partial charge on any atom is -0.491 e. The van der Waals surface area contributed by atoms with Gasteiger partial charge >= 0.3 is 11.9 Å². The van der Waals surface area contributed by atoms with E-state index in [1.54, 1.807) is 12.1 Å². The average Bonchev–Trinajstić information content (AvgIpc) is 3.18. The van der Waals surface area contributed by atoms with Gasteiger partial charge in [0.2, 0.25) is 0 Å². The minimum atomic E-state index is -4.60. The van der Waals surface area contributed by atoms with Crippen molar-refractivity contribution in [1.29, 1.82) is 0 Å². The number of amides is 1. The number of hydrogen-bond donors (Lipinski definition) is 2. The van der Waals surface area contributed by atoms with Crippen molar-refractivity contribution in [2.45, 2.75) is 18.1 Å². The predicted molar refractivity (Wildman–Crippen MR) is 109 cm³/mol. The van der Waals surface area contributed by atoms with E-state index in [9.17, 15) is 22.8 Å². The molecule has 3 aromatic heterocycles. The summed E-state index contributed by atoms with van der Waals surface area (Å²) in [6, 6.07) is 9.87. The zero-order valence-corrected chi connectivity index (χ0v) is 16.8. The lowest BCUT2D eigenvalue weighted by Crippen LogP contribution is -2.50. The quantitative estimate of drug-likeness (QED) is 0.489. The number of carbonyl (C=O) groups is 1. The van der Waals surface area contributed by atoms with E-state index in [0.29, 0.717) is 22.5 Å². The summed E-state index contributed by atoms with van der Waals surface area (Å²) in [4.78, 5) is 35.1. The Morgan fingerprint density at radius 2 is 2.00 bits per heavy atom. The lowest BCUT2D eigenvalue weighted by atomic mass is 9.81. The number of fused-ring (bicyclic) bond motifs is 2. The number of hydrogen-bond acceptors (Lipinski definition) is 6. The van der Waals surface area contributed by atoms with E-state index in [0.717, 1.165) is 12.3 Å². The molecule has 4 heterocycles. The molecule has 1 aromatic carbocycles. The van der Waals surface area contributed by atoms with Crippen LogP contribution in [-0.4, -0.2) is 27.5 Å². The summed E-state index contributed by atoms with van der Waals surface area (Å²) in [6.07, 6.45) is -1.80. The van der Waals surface area contributed by atoms with Crippen molar-refractivity contribution in [3.05, 3.63) is 87.9 Å². The summed E-state index contributed by atoms with van der Waals surface area (Å²) in [5.41, 5.74) is -0.825. The van der Waals surface area contributed by atoms with Gasteiger partial charge in [0.05, 0.1) is 12.1 Å². The van der Waals surface area contributed by atoms with E-state index in [4.69, 9.17) is 9.15 Å². The van der Waals surface area contributed by atoms with Crippen LogP contribution >= 0.6 is 0 Å². The van der Waals surface area contributed by atoms with Gasteiger partial charge in [-0.2, -0.15) is 13.2 Å². The highest BCUT2D eigenvalue weighted by Gasteiger charge is 2.43. The largest absolute Gasteiger partial charge is 0.491 e. The van der Waals surface area contributed by atoms with E-state index in [-0.39, 0.29) is 24.2 Å². The van der Waals surface area contributed by atoms with Crippen LogP contribution in [0.25, 0.3) is 11.1 Å². The van der Waals surface area contributed by atoms with Crippen LogP contribution in [0.1, 0.15) is 33.7 Å². The zero-order chi connectivity index (χ0) is 23.2. The molecule has 0 saturated heterocycles. The molecule has 8 nitrogen and oxygen atoms in total. The lowest BCUT2D eigenvalue weighted by Gasteiger charge is -2.38. The number of carbonyl (C=O) groups excluding carboxylic acids is 1. The first-order chi connectivity index (χ1) is 15.8. The number of nitrogens with one attached hydrogen (secondary N) is 2. The van der Waals surface area contributed by atoms with Crippen molar-refractivity contribution >= 4 is 17.0 Å². The van der Waals surface area contributed by atoms with Gasteiger partial charge in [-0.3, -0.25) is 19.7 Å². The summed E-state index contributed by atoms with van der Waals surface area (Å²) >= 11 is 0. The van der Waals surface area contributed by atoms with E-state index in [1.807, 2.05) is 0 Å². The average molecular weight is 456 g/mol. The summed E-state index contributed by atoms with van der Waals surface area (Å²) in [7, 11) is 0. The molecule has 0 bridgehead atoms. The molecule has 4 aromatic rings. The van der Waals surface area contributed by atoms with E-state index in [2.05, 4.69) is 20.3 Å². The van der Waals surface area contributed by atoms with Crippen LogP contribution in [0.4, 0.5) is 13.2 Å². The Kier molecular flexibility index (Phi) is 4.69. The number of aromatic amines is 1. The zero-order valence-electron chi connectivity index (χ0n) is 16.8. The molecular weight excluding hydrogens is 441 g/mol.